The van der Waals surface area contributed by atoms with Crippen molar-refractivity contribution in [2.45, 2.75) is 13.8 Å². The molecule has 2 aromatic carbocycles. The molecule has 35 heavy (non-hydrogen) atoms. The van der Waals surface area contributed by atoms with Crippen LogP contribution in [0.1, 0.15) is 12.5 Å². The molecule has 1 aliphatic rings. The molecule has 7 heteroatoms. The van der Waals surface area contributed by atoms with Gasteiger partial charge in [-0.1, -0.05) is 24.3 Å². The molecule has 0 unspecified atom stereocenters. The van der Waals surface area contributed by atoms with E-state index in [0.29, 0.717) is 5.69 Å². The molecule has 1 aliphatic heterocycles. The number of nitrogens with one attached hydrogen (secondary N) is 3. The summed E-state index contributed by atoms with van der Waals surface area (Å²) in [6.45, 7) is 7.85. The maximum atomic E-state index is 11.7. The normalized spacial score (nSPS) is 14.3. The number of hydrogen-bond acceptors (Lipinski definition) is 5. The molecular formula is C28H32N6O. The highest BCUT2D eigenvalue weighted by Crippen LogP contribution is 2.40. The number of H-pyrrole nitrogens is 1. The fourth-order valence-electron chi connectivity index (χ4n) is 4.81. The summed E-state index contributed by atoms with van der Waals surface area (Å²) in [5, 5.41) is 7.14. The smallest absolute Gasteiger partial charge is 0.221 e. The van der Waals surface area contributed by atoms with Gasteiger partial charge < -0.3 is 25.4 Å². The summed E-state index contributed by atoms with van der Waals surface area (Å²) in [4.78, 5) is 24.7. The Morgan fingerprint density at radius 2 is 1.71 bits per heavy atom. The lowest BCUT2D eigenvalue weighted by Gasteiger charge is -2.34. The highest BCUT2D eigenvalue weighted by Gasteiger charge is 2.19. The van der Waals surface area contributed by atoms with Crippen LogP contribution in [0, 0.1) is 6.92 Å². The van der Waals surface area contributed by atoms with E-state index in [-0.39, 0.29) is 5.91 Å². The molecule has 0 atom stereocenters. The van der Waals surface area contributed by atoms with Gasteiger partial charge in [0.05, 0.1) is 17.6 Å². The highest BCUT2D eigenvalue weighted by atomic mass is 16.1. The molecule has 180 valence electrons. The third-order valence-electron chi connectivity index (χ3n) is 6.79. The zero-order valence-corrected chi connectivity index (χ0v) is 20.8. The van der Waals surface area contributed by atoms with Crippen LogP contribution in [-0.2, 0) is 4.79 Å². The maximum Gasteiger partial charge on any atom is 0.221 e. The molecule has 3 heterocycles. The molecule has 0 bridgehead atoms. The summed E-state index contributed by atoms with van der Waals surface area (Å²) in [7, 11) is 4.11. The topological polar surface area (TPSA) is 76.3 Å². The number of fused-ring (bicyclic) bond motifs is 1. The predicted octanol–water partition coefficient (Wildman–Crippen LogP) is 4.96. The lowest BCUT2D eigenvalue weighted by molar-refractivity contribution is -0.114. The Morgan fingerprint density at radius 3 is 2.40 bits per heavy atom. The fraction of sp³-hybridized carbons (Fsp3) is 0.286. The molecule has 3 N–H and O–H groups in total. The molecule has 0 saturated carbocycles. The van der Waals surface area contributed by atoms with Gasteiger partial charge in [0.15, 0.2) is 0 Å². The summed E-state index contributed by atoms with van der Waals surface area (Å²) in [5.74, 6) is -0.115. The molecule has 7 nitrogen and oxygen atoms in total. The Kier molecular flexibility index (Phi) is 6.17. The first kappa shape index (κ1) is 22.9. The molecule has 1 amide bonds. The molecule has 5 rings (SSSR count). The van der Waals surface area contributed by atoms with Crippen molar-refractivity contribution >= 4 is 34.0 Å². The molecule has 0 radical (unpaired) electrons. The zero-order chi connectivity index (χ0) is 24.5. The number of nitrogens with zero attached hydrogens (tertiary/aromatic N) is 3. The van der Waals surface area contributed by atoms with Crippen molar-refractivity contribution in [3.63, 3.8) is 0 Å². The van der Waals surface area contributed by atoms with Crippen LogP contribution >= 0.6 is 0 Å². The van der Waals surface area contributed by atoms with Gasteiger partial charge in [-0.05, 0) is 54.9 Å². The second kappa shape index (κ2) is 9.43. The Bertz CT molecular complexity index is 1370. The van der Waals surface area contributed by atoms with Gasteiger partial charge >= 0.3 is 0 Å². The summed E-state index contributed by atoms with van der Waals surface area (Å²) >= 11 is 0. The van der Waals surface area contributed by atoms with Crippen molar-refractivity contribution in [1.29, 1.82) is 0 Å². The van der Waals surface area contributed by atoms with E-state index < -0.39 is 0 Å². The molecule has 2 aromatic heterocycles. The Labute approximate surface area is 206 Å². The summed E-state index contributed by atoms with van der Waals surface area (Å²) in [6, 6.07) is 17.2. The van der Waals surface area contributed by atoms with Crippen molar-refractivity contribution in [1.82, 2.24) is 14.9 Å². The number of aromatic nitrogens is 2. The van der Waals surface area contributed by atoms with Crippen molar-refractivity contribution in [2.75, 3.05) is 55.8 Å². The summed E-state index contributed by atoms with van der Waals surface area (Å²) in [6.07, 6.45) is 1.69. The van der Waals surface area contributed by atoms with Gasteiger partial charge in [0.1, 0.15) is 5.65 Å². The average molecular weight is 469 g/mol. The minimum absolute atomic E-state index is 0.115. The number of pyridine rings is 1. The van der Waals surface area contributed by atoms with Crippen molar-refractivity contribution in [3.05, 3.63) is 60.3 Å². The van der Waals surface area contributed by atoms with E-state index in [2.05, 4.69) is 86.8 Å². The van der Waals surface area contributed by atoms with Gasteiger partial charge in [-0.2, -0.15) is 0 Å². The lowest BCUT2D eigenvalue weighted by Crippen LogP contribution is -2.44. The van der Waals surface area contributed by atoms with Crippen LogP contribution in [0.5, 0.6) is 0 Å². The number of likely N-dealkylation sites (N-methyl/N-ethyl adjacent to an activating group) is 1. The molecule has 1 fully saturated rings. The number of amides is 1. The number of rotatable bonds is 5. The van der Waals surface area contributed by atoms with Crippen LogP contribution in [-0.4, -0.2) is 61.0 Å². The monoisotopic (exact) mass is 468 g/mol. The molecule has 1 saturated heterocycles. The lowest BCUT2D eigenvalue weighted by atomic mass is 9.97. The van der Waals surface area contributed by atoms with Crippen LogP contribution in [0.3, 0.4) is 0 Å². The van der Waals surface area contributed by atoms with E-state index in [1.54, 1.807) is 6.20 Å². The standard InChI is InChI=1S/C28H32N6O/c1-18-5-6-21(15-25(18)29-3)26-24-16-22(31-19(2)35)17-30-28(24)32-27(26)20-7-9-23(10-8-20)34-13-11-33(4)12-14-34/h5-10,15-17,29H,11-14H2,1-4H3,(H,30,32)(H,31,35). The Hall–Kier alpha value is -3.84. The minimum atomic E-state index is -0.115. The SMILES string of the molecule is CNc1cc(-c2c(-c3ccc(N4CCN(C)CC4)cc3)[nH]c3ncc(NC(C)=O)cc23)ccc1C. The number of benzene rings is 2. The Balaban J connectivity index is 1.62. The number of carbonyl (C=O) groups is 1. The number of piperazine rings is 1. The van der Waals surface area contributed by atoms with Gasteiger partial charge in [0.25, 0.3) is 0 Å². The summed E-state index contributed by atoms with van der Waals surface area (Å²) < 4.78 is 0. The number of anilines is 3. The van der Waals surface area contributed by atoms with Gasteiger partial charge in [-0.3, -0.25) is 4.79 Å². The van der Waals surface area contributed by atoms with E-state index >= 15 is 0 Å². The second-order valence-electron chi connectivity index (χ2n) is 9.29. The Morgan fingerprint density at radius 1 is 1.00 bits per heavy atom. The predicted molar refractivity (Wildman–Crippen MR) is 145 cm³/mol. The highest BCUT2D eigenvalue weighted by molar-refractivity contribution is 6.04. The van der Waals surface area contributed by atoms with Crippen molar-refractivity contribution in [3.8, 4) is 22.4 Å². The first-order valence-corrected chi connectivity index (χ1v) is 12.0. The van der Waals surface area contributed by atoms with E-state index in [0.717, 1.165) is 65.3 Å². The first-order valence-electron chi connectivity index (χ1n) is 12.0. The van der Waals surface area contributed by atoms with Crippen LogP contribution in [0.25, 0.3) is 33.4 Å². The van der Waals surface area contributed by atoms with Gasteiger partial charge in [-0.25, -0.2) is 4.98 Å². The van der Waals surface area contributed by atoms with Crippen LogP contribution in [0.2, 0.25) is 0 Å². The van der Waals surface area contributed by atoms with Crippen LogP contribution in [0.15, 0.2) is 54.7 Å². The number of aromatic amines is 1. The molecule has 0 aliphatic carbocycles. The number of carbonyl (C=O) groups excluding carboxylic acids is 1. The van der Waals surface area contributed by atoms with Gasteiger partial charge in [-0.15, -0.1) is 0 Å². The minimum Gasteiger partial charge on any atom is -0.388 e. The second-order valence-corrected chi connectivity index (χ2v) is 9.29. The largest absolute Gasteiger partial charge is 0.388 e. The van der Waals surface area contributed by atoms with E-state index in [1.165, 1.54) is 18.2 Å². The van der Waals surface area contributed by atoms with E-state index in [9.17, 15) is 4.79 Å². The van der Waals surface area contributed by atoms with E-state index in [1.807, 2.05) is 13.1 Å². The maximum absolute atomic E-state index is 11.7. The number of hydrogen-bond donors (Lipinski definition) is 3. The average Bonchev–Trinajstić information content (AvgIpc) is 3.23. The van der Waals surface area contributed by atoms with Gasteiger partial charge in [0, 0.05) is 62.5 Å². The fourth-order valence-corrected chi connectivity index (χ4v) is 4.81. The molecular weight excluding hydrogens is 436 g/mol. The third kappa shape index (κ3) is 4.59. The van der Waals surface area contributed by atoms with Gasteiger partial charge in [0.2, 0.25) is 5.91 Å². The zero-order valence-electron chi connectivity index (χ0n) is 20.8. The van der Waals surface area contributed by atoms with Crippen LogP contribution < -0.4 is 15.5 Å². The van der Waals surface area contributed by atoms with Crippen LogP contribution in [0.4, 0.5) is 17.1 Å². The van der Waals surface area contributed by atoms with E-state index in [4.69, 9.17) is 0 Å². The number of aryl methyl sites for hydroxylation is 1. The molecule has 0 spiro atoms. The van der Waals surface area contributed by atoms with Crippen molar-refractivity contribution < 1.29 is 4.79 Å². The third-order valence-corrected chi connectivity index (χ3v) is 6.79. The quantitative estimate of drug-likeness (QED) is 0.386. The molecule has 4 aromatic rings. The summed E-state index contributed by atoms with van der Waals surface area (Å²) in [5.41, 5.74) is 9.27. The first-order chi connectivity index (χ1) is 16.9. The van der Waals surface area contributed by atoms with Crippen molar-refractivity contribution in [2.24, 2.45) is 0 Å².